The Labute approximate surface area is 189 Å². The zero-order chi connectivity index (χ0) is 21.8. The van der Waals surface area contributed by atoms with E-state index in [0.717, 1.165) is 28.4 Å². The Hall–Kier alpha value is -3.78. The van der Waals surface area contributed by atoms with Crippen LogP contribution in [0.2, 0.25) is 0 Å². The maximum absolute atomic E-state index is 12.5. The van der Waals surface area contributed by atoms with Crippen molar-refractivity contribution >= 4 is 17.7 Å². The van der Waals surface area contributed by atoms with Crippen molar-refractivity contribution in [2.75, 3.05) is 12.5 Å². The SMILES string of the molecule is O=C(CSc1nnc(-c2ccccc2)n1-c1ccccc1)NCc1ccc2c(c1)OCO2. The topological polar surface area (TPSA) is 78.3 Å². The molecule has 0 unspecified atom stereocenters. The minimum atomic E-state index is -0.0865. The zero-order valence-electron chi connectivity index (χ0n) is 17.1. The second-order valence-electron chi connectivity index (χ2n) is 7.10. The molecule has 1 amide bonds. The molecule has 0 aliphatic carbocycles. The number of amides is 1. The summed E-state index contributed by atoms with van der Waals surface area (Å²) in [6, 6.07) is 25.4. The van der Waals surface area contributed by atoms with Crippen molar-refractivity contribution in [3.63, 3.8) is 0 Å². The molecule has 0 fully saturated rings. The van der Waals surface area contributed by atoms with Crippen LogP contribution in [0.5, 0.6) is 11.5 Å². The Morgan fingerprint density at radius 1 is 0.938 bits per heavy atom. The molecule has 5 rings (SSSR count). The van der Waals surface area contributed by atoms with E-state index in [9.17, 15) is 4.79 Å². The van der Waals surface area contributed by atoms with Gasteiger partial charge in [-0.2, -0.15) is 0 Å². The number of nitrogens with zero attached hydrogens (tertiary/aromatic N) is 3. The Balaban J connectivity index is 1.29. The monoisotopic (exact) mass is 444 g/mol. The van der Waals surface area contributed by atoms with Crippen LogP contribution in [0.3, 0.4) is 0 Å². The Morgan fingerprint density at radius 3 is 2.50 bits per heavy atom. The Morgan fingerprint density at radius 2 is 1.69 bits per heavy atom. The molecule has 0 saturated carbocycles. The quantitative estimate of drug-likeness (QED) is 0.433. The largest absolute Gasteiger partial charge is 0.454 e. The number of benzene rings is 3. The highest BCUT2D eigenvalue weighted by atomic mass is 32.2. The molecule has 1 N–H and O–H groups in total. The lowest BCUT2D eigenvalue weighted by Crippen LogP contribution is -2.24. The van der Waals surface area contributed by atoms with Crippen LogP contribution < -0.4 is 14.8 Å². The lowest BCUT2D eigenvalue weighted by Gasteiger charge is -2.10. The number of nitrogens with one attached hydrogen (secondary N) is 1. The molecule has 0 spiro atoms. The first kappa shape index (κ1) is 20.1. The van der Waals surface area contributed by atoms with Gasteiger partial charge in [0.2, 0.25) is 12.7 Å². The van der Waals surface area contributed by atoms with Gasteiger partial charge in [-0.05, 0) is 29.8 Å². The summed E-state index contributed by atoms with van der Waals surface area (Å²) in [4.78, 5) is 12.5. The van der Waals surface area contributed by atoms with Crippen molar-refractivity contribution in [2.45, 2.75) is 11.7 Å². The van der Waals surface area contributed by atoms with E-state index in [2.05, 4.69) is 15.5 Å². The molecule has 1 aliphatic heterocycles. The number of ether oxygens (including phenoxy) is 2. The summed E-state index contributed by atoms with van der Waals surface area (Å²) < 4.78 is 12.7. The van der Waals surface area contributed by atoms with Gasteiger partial charge in [0.1, 0.15) is 0 Å². The number of hydrogen-bond acceptors (Lipinski definition) is 6. The van der Waals surface area contributed by atoms with Crippen LogP contribution in [0.4, 0.5) is 0 Å². The van der Waals surface area contributed by atoms with E-state index in [0.29, 0.717) is 17.5 Å². The Bertz CT molecular complexity index is 1230. The van der Waals surface area contributed by atoms with E-state index in [1.165, 1.54) is 11.8 Å². The van der Waals surface area contributed by atoms with E-state index in [-0.39, 0.29) is 18.5 Å². The molecule has 2 heterocycles. The normalized spacial score (nSPS) is 12.0. The minimum Gasteiger partial charge on any atom is -0.454 e. The van der Waals surface area contributed by atoms with Gasteiger partial charge in [0, 0.05) is 17.8 Å². The fourth-order valence-electron chi connectivity index (χ4n) is 3.38. The van der Waals surface area contributed by atoms with Gasteiger partial charge in [-0.3, -0.25) is 9.36 Å². The maximum atomic E-state index is 12.5. The number of hydrogen-bond donors (Lipinski definition) is 1. The highest BCUT2D eigenvalue weighted by molar-refractivity contribution is 7.99. The van der Waals surface area contributed by atoms with Crippen LogP contribution >= 0.6 is 11.8 Å². The molecule has 4 aromatic rings. The lowest BCUT2D eigenvalue weighted by molar-refractivity contribution is -0.118. The summed E-state index contributed by atoms with van der Waals surface area (Å²) in [6.07, 6.45) is 0. The zero-order valence-corrected chi connectivity index (χ0v) is 17.9. The van der Waals surface area contributed by atoms with Gasteiger partial charge in [0.25, 0.3) is 0 Å². The molecule has 0 atom stereocenters. The van der Waals surface area contributed by atoms with E-state index in [4.69, 9.17) is 9.47 Å². The summed E-state index contributed by atoms with van der Waals surface area (Å²) in [7, 11) is 0. The molecule has 7 nitrogen and oxygen atoms in total. The standard InChI is InChI=1S/C24H20N4O3S/c29-22(25-14-17-11-12-20-21(13-17)31-16-30-20)15-32-24-27-26-23(18-7-3-1-4-8-18)28(24)19-9-5-2-6-10-19/h1-13H,14-16H2,(H,25,29). The molecule has 160 valence electrons. The van der Waals surface area contributed by atoms with E-state index < -0.39 is 0 Å². The third-order valence-electron chi connectivity index (χ3n) is 4.94. The lowest BCUT2D eigenvalue weighted by atomic mass is 10.2. The summed E-state index contributed by atoms with van der Waals surface area (Å²) in [5.41, 5.74) is 2.86. The van der Waals surface area contributed by atoms with Crippen molar-refractivity contribution in [1.29, 1.82) is 0 Å². The summed E-state index contributed by atoms with van der Waals surface area (Å²) in [5, 5.41) is 12.4. The second-order valence-corrected chi connectivity index (χ2v) is 8.04. The predicted octanol–water partition coefficient (Wildman–Crippen LogP) is 4.07. The third kappa shape index (κ3) is 4.31. The molecular weight excluding hydrogens is 424 g/mol. The van der Waals surface area contributed by atoms with Crippen molar-refractivity contribution in [2.24, 2.45) is 0 Å². The second kappa shape index (κ2) is 9.15. The molecule has 0 radical (unpaired) electrons. The minimum absolute atomic E-state index is 0.0865. The number of fused-ring (bicyclic) bond motifs is 1. The molecule has 0 bridgehead atoms. The summed E-state index contributed by atoms with van der Waals surface area (Å²) in [6.45, 7) is 0.644. The average molecular weight is 445 g/mol. The number of aromatic nitrogens is 3. The number of para-hydroxylation sites is 1. The first-order valence-corrected chi connectivity index (χ1v) is 11.1. The van der Waals surface area contributed by atoms with Crippen molar-refractivity contribution in [3.05, 3.63) is 84.4 Å². The van der Waals surface area contributed by atoms with E-state index >= 15 is 0 Å². The molecular formula is C24H20N4O3S. The van der Waals surface area contributed by atoms with Crippen LogP contribution in [-0.4, -0.2) is 33.2 Å². The van der Waals surface area contributed by atoms with Crippen LogP contribution in [0, 0.1) is 0 Å². The third-order valence-corrected chi connectivity index (χ3v) is 5.87. The van der Waals surface area contributed by atoms with Gasteiger partial charge in [-0.1, -0.05) is 66.4 Å². The van der Waals surface area contributed by atoms with Crippen molar-refractivity contribution in [1.82, 2.24) is 20.1 Å². The highest BCUT2D eigenvalue weighted by Crippen LogP contribution is 2.32. The van der Waals surface area contributed by atoms with E-state index in [1.807, 2.05) is 83.4 Å². The van der Waals surface area contributed by atoms with Gasteiger partial charge >= 0.3 is 0 Å². The summed E-state index contributed by atoms with van der Waals surface area (Å²) in [5.74, 6) is 2.31. The number of carbonyl (C=O) groups excluding carboxylic acids is 1. The van der Waals surface area contributed by atoms with Gasteiger partial charge in [-0.15, -0.1) is 10.2 Å². The van der Waals surface area contributed by atoms with Crippen LogP contribution in [0.1, 0.15) is 5.56 Å². The molecule has 3 aromatic carbocycles. The Kier molecular flexibility index (Phi) is 5.76. The molecule has 0 saturated heterocycles. The van der Waals surface area contributed by atoms with Gasteiger partial charge in [0.15, 0.2) is 22.5 Å². The average Bonchev–Trinajstić information content (AvgIpc) is 3.49. The smallest absolute Gasteiger partial charge is 0.231 e. The van der Waals surface area contributed by atoms with Gasteiger partial charge < -0.3 is 14.8 Å². The van der Waals surface area contributed by atoms with Crippen molar-refractivity contribution < 1.29 is 14.3 Å². The highest BCUT2D eigenvalue weighted by Gasteiger charge is 2.17. The fraction of sp³-hybridized carbons (Fsp3) is 0.125. The number of carbonyl (C=O) groups is 1. The number of thioether (sulfide) groups is 1. The fourth-order valence-corrected chi connectivity index (χ4v) is 4.16. The first-order valence-electron chi connectivity index (χ1n) is 10.1. The molecule has 32 heavy (non-hydrogen) atoms. The maximum Gasteiger partial charge on any atom is 0.231 e. The summed E-state index contributed by atoms with van der Waals surface area (Å²) >= 11 is 1.35. The van der Waals surface area contributed by atoms with Gasteiger partial charge in [-0.25, -0.2) is 0 Å². The first-order chi connectivity index (χ1) is 15.8. The van der Waals surface area contributed by atoms with Crippen molar-refractivity contribution in [3.8, 4) is 28.6 Å². The number of rotatable bonds is 7. The van der Waals surface area contributed by atoms with Crippen LogP contribution in [-0.2, 0) is 11.3 Å². The van der Waals surface area contributed by atoms with E-state index in [1.54, 1.807) is 0 Å². The predicted molar refractivity (Wildman–Crippen MR) is 122 cm³/mol. The van der Waals surface area contributed by atoms with Crippen LogP contribution in [0.25, 0.3) is 17.1 Å². The molecule has 1 aromatic heterocycles. The molecule has 1 aliphatic rings. The van der Waals surface area contributed by atoms with Gasteiger partial charge in [0.05, 0.1) is 5.75 Å². The van der Waals surface area contributed by atoms with Crippen LogP contribution in [0.15, 0.2) is 84.0 Å². The molecule has 8 heteroatoms.